The number of ether oxygens (including phenoxy) is 1. The Morgan fingerprint density at radius 3 is 2.60 bits per heavy atom. The molecule has 0 amide bonds. The molecule has 190 valence electrons. The van der Waals surface area contributed by atoms with E-state index in [1.54, 1.807) is 0 Å². The van der Waals surface area contributed by atoms with Crippen LogP contribution in [0.3, 0.4) is 0 Å². The van der Waals surface area contributed by atoms with Crippen molar-refractivity contribution < 1.29 is 4.74 Å². The highest BCUT2D eigenvalue weighted by atomic mass is 16.5. The molecule has 2 heterocycles. The van der Waals surface area contributed by atoms with E-state index in [1.807, 2.05) is 35.9 Å². The minimum Gasteiger partial charge on any atom is -0.494 e. The summed E-state index contributed by atoms with van der Waals surface area (Å²) in [5.74, 6) is 1.97. The predicted octanol–water partition coefficient (Wildman–Crippen LogP) is 5.20. The second kappa shape index (κ2) is 10.5. The van der Waals surface area contributed by atoms with Gasteiger partial charge < -0.3 is 9.72 Å². The average molecular weight is 481 g/mol. The normalized spacial score (nSPS) is 16.0. The standard InChI is InChI=1S/C27H40N6O2/c1-7-27(5,6)33-25(29-30-31-33)24(18(3)4)32(21-11-9-10-12-21)17-20-15-19-16-22(35-8-2)13-14-23(19)28-26(20)34/h13-16,18,21,24H,7-12,17H2,1-6H3,(H,28,34)/t24-/m1/s1. The quantitative estimate of drug-likeness (QED) is 0.429. The first kappa shape index (κ1) is 25.4. The lowest BCUT2D eigenvalue weighted by Gasteiger charge is -2.39. The number of aromatic nitrogens is 5. The third kappa shape index (κ3) is 5.27. The molecule has 1 N–H and O–H groups in total. The molecule has 0 spiro atoms. The third-order valence-corrected chi connectivity index (χ3v) is 7.54. The number of nitrogens with one attached hydrogen (secondary N) is 1. The van der Waals surface area contributed by atoms with Crippen LogP contribution in [0.25, 0.3) is 10.9 Å². The third-order valence-electron chi connectivity index (χ3n) is 7.54. The molecule has 4 rings (SSSR count). The van der Waals surface area contributed by atoms with Gasteiger partial charge in [-0.3, -0.25) is 9.69 Å². The number of rotatable bonds is 10. The second-order valence-electron chi connectivity index (χ2n) is 10.7. The van der Waals surface area contributed by atoms with Gasteiger partial charge in [-0.25, -0.2) is 4.68 Å². The fourth-order valence-electron chi connectivity index (χ4n) is 5.28. The summed E-state index contributed by atoms with van der Waals surface area (Å²) >= 11 is 0. The van der Waals surface area contributed by atoms with Gasteiger partial charge in [0.1, 0.15) is 5.75 Å². The van der Waals surface area contributed by atoms with Gasteiger partial charge in [0.2, 0.25) is 0 Å². The molecule has 1 atom stereocenters. The van der Waals surface area contributed by atoms with Crippen LogP contribution < -0.4 is 10.3 Å². The van der Waals surface area contributed by atoms with Gasteiger partial charge in [-0.15, -0.1) is 5.10 Å². The van der Waals surface area contributed by atoms with E-state index in [0.29, 0.717) is 19.2 Å². The number of aromatic amines is 1. The molecule has 35 heavy (non-hydrogen) atoms. The van der Waals surface area contributed by atoms with Crippen molar-refractivity contribution in [3.63, 3.8) is 0 Å². The summed E-state index contributed by atoms with van der Waals surface area (Å²) in [6.07, 6.45) is 5.60. The molecule has 1 fully saturated rings. The van der Waals surface area contributed by atoms with Gasteiger partial charge in [0, 0.05) is 29.1 Å². The molecule has 2 aromatic heterocycles. The topological polar surface area (TPSA) is 88.9 Å². The zero-order valence-electron chi connectivity index (χ0n) is 22.0. The van der Waals surface area contributed by atoms with Gasteiger partial charge >= 0.3 is 0 Å². The summed E-state index contributed by atoms with van der Waals surface area (Å²) < 4.78 is 7.69. The van der Waals surface area contributed by atoms with Crippen LogP contribution in [0.15, 0.2) is 29.1 Å². The Hall–Kier alpha value is -2.74. The summed E-state index contributed by atoms with van der Waals surface area (Å²) in [4.78, 5) is 18.8. The van der Waals surface area contributed by atoms with Crippen LogP contribution in [0.2, 0.25) is 0 Å². The van der Waals surface area contributed by atoms with E-state index < -0.39 is 0 Å². The average Bonchev–Trinajstić information content (AvgIpc) is 3.52. The van der Waals surface area contributed by atoms with Crippen LogP contribution in [0.1, 0.15) is 91.1 Å². The molecule has 0 radical (unpaired) electrons. The highest BCUT2D eigenvalue weighted by molar-refractivity contribution is 5.80. The van der Waals surface area contributed by atoms with Gasteiger partial charge in [-0.1, -0.05) is 33.6 Å². The highest BCUT2D eigenvalue weighted by Gasteiger charge is 2.37. The molecule has 1 saturated carbocycles. The lowest BCUT2D eigenvalue weighted by molar-refractivity contribution is 0.0791. The number of fused-ring (bicyclic) bond motifs is 1. The van der Waals surface area contributed by atoms with Crippen LogP contribution in [0.5, 0.6) is 5.75 Å². The Labute approximate surface area is 208 Å². The minimum atomic E-state index is -0.191. The fourth-order valence-corrected chi connectivity index (χ4v) is 5.28. The maximum Gasteiger partial charge on any atom is 0.252 e. The summed E-state index contributed by atoms with van der Waals surface area (Å²) in [6, 6.07) is 8.23. The van der Waals surface area contributed by atoms with Crippen molar-refractivity contribution in [1.82, 2.24) is 30.1 Å². The first-order valence-electron chi connectivity index (χ1n) is 13.1. The van der Waals surface area contributed by atoms with Crippen LogP contribution >= 0.6 is 0 Å². The summed E-state index contributed by atoms with van der Waals surface area (Å²) in [5, 5.41) is 14.0. The SMILES string of the molecule is CCOc1ccc2[nH]c(=O)c(CN(C3CCCC3)[C@@H](c3nnnn3C(C)(C)CC)C(C)C)cc2c1. The van der Waals surface area contributed by atoms with E-state index in [4.69, 9.17) is 4.74 Å². The van der Waals surface area contributed by atoms with Gasteiger partial charge in [0.05, 0.1) is 18.2 Å². The Bertz CT molecular complexity index is 1190. The Morgan fingerprint density at radius 2 is 1.94 bits per heavy atom. The smallest absolute Gasteiger partial charge is 0.252 e. The molecule has 1 aliphatic carbocycles. The highest BCUT2D eigenvalue weighted by Crippen LogP contribution is 2.37. The van der Waals surface area contributed by atoms with E-state index in [0.717, 1.165) is 47.3 Å². The lowest BCUT2D eigenvalue weighted by Crippen LogP contribution is -2.42. The van der Waals surface area contributed by atoms with Crippen molar-refractivity contribution >= 4 is 10.9 Å². The van der Waals surface area contributed by atoms with E-state index in [-0.39, 0.29) is 23.1 Å². The van der Waals surface area contributed by atoms with Crippen LogP contribution in [-0.2, 0) is 12.1 Å². The van der Waals surface area contributed by atoms with Crippen LogP contribution in [0.4, 0.5) is 0 Å². The van der Waals surface area contributed by atoms with Crippen molar-refractivity contribution in [3.05, 3.63) is 46.0 Å². The maximum atomic E-state index is 13.2. The van der Waals surface area contributed by atoms with Crippen LogP contribution in [-0.4, -0.2) is 42.7 Å². The number of benzene rings is 1. The fraction of sp³-hybridized carbons (Fsp3) is 0.630. The van der Waals surface area contributed by atoms with Gasteiger partial charge in [-0.05, 0) is 80.6 Å². The Kier molecular flexibility index (Phi) is 7.59. The Morgan fingerprint density at radius 1 is 1.20 bits per heavy atom. The predicted molar refractivity (Wildman–Crippen MR) is 139 cm³/mol. The van der Waals surface area contributed by atoms with Gasteiger partial charge in [0.15, 0.2) is 5.82 Å². The van der Waals surface area contributed by atoms with Gasteiger partial charge in [0.25, 0.3) is 5.56 Å². The molecule has 1 aliphatic rings. The molecule has 0 saturated heterocycles. The van der Waals surface area contributed by atoms with Crippen molar-refractivity contribution in [2.75, 3.05) is 6.61 Å². The summed E-state index contributed by atoms with van der Waals surface area (Å²) in [5.41, 5.74) is 1.35. The first-order chi connectivity index (χ1) is 16.7. The number of pyridine rings is 1. The van der Waals surface area contributed by atoms with E-state index in [1.165, 1.54) is 12.8 Å². The number of hydrogen-bond donors (Lipinski definition) is 1. The van der Waals surface area contributed by atoms with E-state index in [9.17, 15) is 4.79 Å². The van der Waals surface area contributed by atoms with E-state index in [2.05, 4.69) is 60.0 Å². The molecule has 8 heteroatoms. The number of hydrogen-bond acceptors (Lipinski definition) is 6. The molecule has 0 bridgehead atoms. The molecular weight excluding hydrogens is 440 g/mol. The zero-order valence-corrected chi connectivity index (χ0v) is 22.0. The molecule has 0 unspecified atom stereocenters. The number of H-pyrrole nitrogens is 1. The molecule has 3 aromatic rings. The van der Waals surface area contributed by atoms with Crippen molar-refractivity contribution in [3.8, 4) is 5.75 Å². The molecular formula is C27H40N6O2. The monoisotopic (exact) mass is 480 g/mol. The van der Waals surface area contributed by atoms with Crippen molar-refractivity contribution in [1.29, 1.82) is 0 Å². The zero-order chi connectivity index (χ0) is 25.2. The first-order valence-corrected chi connectivity index (χ1v) is 13.1. The van der Waals surface area contributed by atoms with Crippen molar-refractivity contribution in [2.24, 2.45) is 5.92 Å². The maximum absolute atomic E-state index is 13.2. The number of nitrogens with zero attached hydrogens (tertiary/aromatic N) is 5. The Balaban J connectivity index is 1.77. The largest absolute Gasteiger partial charge is 0.494 e. The van der Waals surface area contributed by atoms with Crippen LogP contribution in [0, 0.1) is 5.92 Å². The molecule has 8 nitrogen and oxygen atoms in total. The minimum absolute atomic E-state index is 0.00350. The second-order valence-corrected chi connectivity index (χ2v) is 10.7. The number of tetrazole rings is 1. The van der Waals surface area contributed by atoms with E-state index >= 15 is 0 Å². The van der Waals surface area contributed by atoms with Crippen molar-refractivity contribution in [2.45, 2.75) is 97.8 Å². The summed E-state index contributed by atoms with van der Waals surface area (Å²) in [6.45, 7) is 14.1. The summed E-state index contributed by atoms with van der Waals surface area (Å²) in [7, 11) is 0. The molecule has 0 aliphatic heterocycles. The lowest BCUT2D eigenvalue weighted by atomic mass is 9.95. The molecule has 1 aromatic carbocycles. The van der Waals surface area contributed by atoms with Gasteiger partial charge in [-0.2, -0.15) is 0 Å².